The topological polar surface area (TPSA) is 100 Å². The molecule has 1 atom stereocenters. The van der Waals surface area contributed by atoms with Crippen LogP contribution in [0.15, 0.2) is 60.8 Å². The predicted molar refractivity (Wildman–Crippen MR) is 138 cm³/mol. The Morgan fingerprint density at radius 2 is 1.72 bits per heavy atom. The van der Waals surface area contributed by atoms with Crippen molar-refractivity contribution in [2.24, 2.45) is 0 Å². The van der Waals surface area contributed by atoms with Crippen LogP contribution in [0.2, 0.25) is 0 Å². The van der Waals surface area contributed by atoms with Crippen LogP contribution in [0.25, 0.3) is 11.1 Å². The molecule has 10 heteroatoms. The predicted octanol–water partition coefficient (Wildman–Crippen LogP) is 3.83. The molecule has 186 valence electrons. The maximum absolute atomic E-state index is 13.2. The van der Waals surface area contributed by atoms with Crippen LogP contribution < -0.4 is 18.8 Å². The van der Waals surface area contributed by atoms with Crippen molar-refractivity contribution in [3.63, 3.8) is 0 Å². The number of rotatable bonds is 3. The lowest BCUT2D eigenvalue weighted by Gasteiger charge is -2.40. The third-order valence-electron chi connectivity index (χ3n) is 6.47. The van der Waals surface area contributed by atoms with Crippen molar-refractivity contribution in [3.8, 4) is 17.0 Å². The lowest BCUT2D eigenvalue weighted by atomic mass is 9.98. The molecule has 0 aliphatic carbocycles. The number of sulfonamides is 1. The molecule has 1 aromatic heterocycles. The lowest BCUT2D eigenvalue weighted by Crippen LogP contribution is -2.52. The third kappa shape index (κ3) is 4.28. The van der Waals surface area contributed by atoms with E-state index in [0.29, 0.717) is 30.0 Å². The fraction of sp³-hybridized carbons (Fsp3) is 0.269. The molecule has 5 rings (SSSR count). The summed E-state index contributed by atoms with van der Waals surface area (Å²) in [5.41, 5.74) is 4.53. The number of carbonyl (C=O) groups is 2. The molecule has 0 saturated carbocycles. The zero-order chi connectivity index (χ0) is 25.6. The minimum absolute atomic E-state index is 0.118. The minimum Gasteiger partial charge on any atom is -0.391 e. The van der Waals surface area contributed by atoms with Crippen molar-refractivity contribution >= 4 is 39.1 Å². The van der Waals surface area contributed by atoms with E-state index in [1.807, 2.05) is 43.3 Å². The van der Waals surface area contributed by atoms with E-state index in [0.717, 1.165) is 16.7 Å². The molecule has 0 radical (unpaired) electrons. The number of benzene rings is 2. The number of ether oxygens (including phenoxy) is 1. The number of aromatic nitrogens is 1. The molecule has 0 saturated heterocycles. The summed E-state index contributed by atoms with van der Waals surface area (Å²) in [5, 5.41) is 0. The number of hydrogen-bond acceptors (Lipinski definition) is 6. The number of hydrogen-bond donors (Lipinski definition) is 0. The quantitative estimate of drug-likeness (QED) is 0.535. The first kappa shape index (κ1) is 23.8. The number of amides is 2. The first-order chi connectivity index (χ1) is 17.1. The summed E-state index contributed by atoms with van der Waals surface area (Å²) in [6.07, 6.45) is 2.79. The molecular weight excluding hydrogens is 480 g/mol. The van der Waals surface area contributed by atoms with Gasteiger partial charge >= 0.3 is 6.09 Å². The van der Waals surface area contributed by atoms with Crippen molar-refractivity contribution in [2.75, 3.05) is 33.5 Å². The molecule has 2 aliphatic heterocycles. The number of pyridine rings is 1. The molecular formula is C26H26N4O5S. The van der Waals surface area contributed by atoms with Crippen molar-refractivity contribution < 1.29 is 22.7 Å². The van der Waals surface area contributed by atoms with E-state index in [4.69, 9.17) is 4.74 Å². The summed E-state index contributed by atoms with van der Waals surface area (Å²) in [5.74, 6) is 0.0727. The van der Waals surface area contributed by atoms with Gasteiger partial charge in [0.25, 0.3) is 0 Å². The Morgan fingerprint density at radius 3 is 2.39 bits per heavy atom. The van der Waals surface area contributed by atoms with Gasteiger partial charge in [-0.3, -0.25) is 14.0 Å². The van der Waals surface area contributed by atoms with Gasteiger partial charge in [0.2, 0.25) is 21.8 Å². The number of fused-ring (bicyclic) bond motifs is 2. The van der Waals surface area contributed by atoms with Crippen molar-refractivity contribution in [1.82, 2.24) is 4.98 Å². The molecule has 0 N–H and O–H groups in total. The highest BCUT2D eigenvalue weighted by Crippen LogP contribution is 2.40. The molecule has 0 fully saturated rings. The van der Waals surface area contributed by atoms with Gasteiger partial charge in [-0.1, -0.05) is 18.2 Å². The smallest absolute Gasteiger partial charge is 0.391 e. The maximum Gasteiger partial charge on any atom is 0.421 e. The molecule has 0 unspecified atom stereocenters. The SMILES string of the molecule is CC(=O)N1c2ccc(-c3ccc4c(c3)CCN4S(C)(=O)=O)cc2N(C(=O)Oc2ccccn2)C[C@@H]1C. The van der Waals surface area contributed by atoms with Gasteiger partial charge in [-0.2, -0.15) is 0 Å². The number of carbonyl (C=O) groups excluding carboxylic acids is 2. The summed E-state index contributed by atoms with van der Waals surface area (Å²) in [4.78, 5) is 32.9. The highest BCUT2D eigenvalue weighted by molar-refractivity contribution is 7.92. The van der Waals surface area contributed by atoms with Crippen molar-refractivity contribution in [3.05, 3.63) is 66.4 Å². The summed E-state index contributed by atoms with van der Waals surface area (Å²) in [6.45, 7) is 4.06. The van der Waals surface area contributed by atoms with E-state index in [-0.39, 0.29) is 24.4 Å². The van der Waals surface area contributed by atoms with Crippen molar-refractivity contribution in [1.29, 1.82) is 0 Å². The zero-order valence-electron chi connectivity index (χ0n) is 20.2. The first-order valence-corrected chi connectivity index (χ1v) is 13.4. The van der Waals surface area contributed by atoms with E-state index in [1.165, 1.54) is 22.4 Å². The van der Waals surface area contributed by atoms with E-state index >= 15 is 0 Å². The van der Waals surface area contributed by atoms with E-state index in [1.54, 1.807) is 29.3 Å². The van der Waals surface area contributed by atoms with Gasteiger partial charge in [0.15, 0.2) is 0 Å². The van der Waals surface area contributed by atoms with Crippen LogP contribution in [0.3, 0.4) is 0 Å². The third-order valence-corrected chi connectivity index (χ3v) is 7.65. The molecule has 2 aliphatic rings. The molecule has 2 amide bonds. The summed E-state index contributed by atoms with van der Waals surface area (Å²) in [6, 6.07) is 16.1. The van der Waals surface area contributed by atoms with Gasteiger partial charge in [0.1, 0.15) is 0 Å². The van der Waals surface area contributed by atoms with Gasteiger partial charge in [0.05, 0.1) is 29.4 Å². The van der Waals surface area contributed by atoms with Gasteiger partial charge in [-0.25, -0.2) is 18.2 Å². The van der Waals surface area contributed by atoms with Gasteiger partial charge in [-0.05, 0) is 60.4 Å². The second kappa shape index (κ2) is 8.94. The van der Waals surface area contributed by atoms with Crippen LogP contribution in [0.4, 0.5) is 21.9 Å². The van der Waals surface area contributed by atoms with Crippen molar-refractivity contribution in [2.45, 2.75) is 26.3 Å². The highest BCUT2D eigenvalue weighted by Gasteiger charge is 2.35. The van der Waals surface area contributed by atoms with E-state index in [2.05, 4.69) is 4.98 Å². The van der Waals surface area contributed by atoms with Gasteiger partial charge in [0, 0.05) is 32.3 Å². The Bertz CT molecular complexity index is 1460. The van der Waals surface area contributed by atoms with Crippen LogP contribution in [-0.4, -0.2) is 50.8 Å². The minimum atomic E-state index is -3.34. The number of nitrogens with zero attached hydrogens (tertiary/aromatic N) is 4. The normalized spacial score (nSPS) is 17.0. The molecule has 3 aromatic rings. The lowest BCUT2D eigenvalue weighted by molar-refractivity contribution is -0.117. The Hall–Kier alpha value is -3.92. The second-order valence-electron chi connectivity index (χ2n) is 9.02. The van der Waals surface area contributed by atoms with E-state index < -0.39 is 16.1 Å². The summed E-state index contributed by atoms with van der Waals surface area (Å²) < 4.78 is 31.1. The standard InChI is InChI=1S/C26H26N4O5S/c1-17-16-28(26(32)35-25-6-4-5-12-27-25)24-15-20(8-10-23(24)30(17)18(2)31)19-7-9-22-21(14-19)11-13-29(22)36(3,33)34/h4-10,12,14-15,17H,11,13,16H2,1-3H3/t17-/m0/s1. The van der Waals surface area contributed by atoms with Gasteiger partial charge in [-0.15, -0.1) is 0 Å². The van der Waals surface area contributed by atoms with E-state index in [9.17, 15) is 18.0 Å². The zero-order valence-corrected chi connectivity index (χ0v) is 21.0. The van der Waals surface area contributed by atoms with Crippen LogP contribution in [0, 0.1) is 0 Å². The molecule has 3 heterocycles. The Labute approximate surface area is 210 Å². The molecule has 0 bridgehead atoms. The molecule has 9 nitrogen and oxygen atoms in total. The number of anilines is 3. The van der Waals surface area contributed by atoms with Crippen LogP contribution in [-0.2, 0) is 21.2 Å². The maximum atomic E-state index is 13.2. The highest BCUT2D eigenvalue weighted by atomic mass is 32.2. The average Bonchev–Trinajstić information content (AvgIpc) is 3.27. The second-order valence-corrected chi connectivity index (χ2v) is 10.9. The Balaban J connectivity index is 1.54. The Kier molecular flexibility index (Phi) is 5.91. The van der Waals surface area contributed by atoms with Crippen LogP contribution in [0.1, 0.15) is 19.4 Å². The fourth-order valence-corrected chi connectivity index (χ4v) is 5.86. The van der Waals surface area contributed by atoms with Crippen LogP contribution >= 0.6 is 0 Å². The van der Waals surface area contributed by atoms with Crippen LogP contribution in [0.5, 0.6) is 5.88 Å². The fourth-order valence-electron chi connectivity index (χ4n) is 4.90. The molecule has 2 aromatic carbocycles. The molecule has 36 heavy (non-hydrogen) atoms. The Morgan fingerprint density at radius 1 is 1.00 bits per heavy atom. The largest absolute Gasteiger partial charge is 0.421 e. The summed E-state index contributed by atoms with van der Waals surface area (Å²) >= 11 is 0. The summed E-state index contributed by atoms with van der Waals surface area (Å²) in [7, 11) is -3.34. The monoisotopic (exact) mass is 506 g/mol. The van der Waals surface area contributed by atoms with Gasteiger partial charge < -0.3 is 9.64 Å². The first-order valence-electron chi connectivity index (χ1n) is 11.6. The molecule has 0 spiro atoms. The average molecular weight is 507 g/mol.